The first-order valence-corrected chi connectivity index (χ1v) is 12.0. The predicted molar refractivity (Wildman–Crippen MR) is 137 cm³/mol. The first-order chi connectivity index (χ1) is 15.4. The van der Waals surface area contributed by atoms with Gasteiger partial charge in [0.1, 0.15) is 0 Å². The summed E-state index contributed by atoms with van der Waals surface area (Å²) in [5.41, 5.74) is 4.08. The molecule has 0 spiro atoms. The molecule has 9 heteroatoms. The molecule has 0 aliphatic rings. The summed E-state index contributed by atoms with van der Waals surface area (Å²) < 4.78 is 27.1. The molecule has 4 rings (SSSR count). The SMILES string of the molecule is CC(=O)NCCCS(=O)(=O)Nc1ccc(Nc2c3ccccc3nc3ccccc23)cc1.Cl. The molecule has 3 aromatic carbocycles. The first-order valence-electron chi connectivity index (χ1n) is 10.3. The second-order valence-electron chi connectivity index (χ2n) is 7.48. The fourth-order valence-electron chi connectivity index (χ4n) is 3.50. The quantitative estimate of drug-likeness (QED) is 0.246. The highest BCUT2D eigenvalue weighted by atomic mass is 35.5. The van der Waals surface area contributed by atoms with Crippen LogP contribution in [0.15, 0.2) is 72.8 Å². The number of fused-ring (bicyclic) bond motifs is 2. The smallest absolute Gasteiger partial charge is 0.232 e. The van der Waals surface area contributed by atoms with Gasteiger partial charge in [-0.15, -0.1) is 12.4 Å². The second kappa shape index (κ2) is 10.5. The number of sulfonamides is 1. The lowest BCUT2D eigenvalue weighted by molar-refractivity contribution is -0.118. The van der Waals surface area contributed by atoms with Crippen LogP contribution in [0.25, 0.3) is 21.8 Å². The van der Waals surface area contributed by atoms with Crippen LogP contribution in [0.5, 0.6) is 0 Å². The Morgan fingerprint density at radius 1 is 0.848 bits per heavy atom. The fraction of sp³-hybridized carbons (Fsp3) is 0.167. The summed E-state index contributed by atoms with van der Waals surface area (Å²) in [7, 11) is -3.49. The van der Waals surface area contributed by atoms with Crippen LogP contribution in [0.3, 0.4) is 0 Å². The lowest BCUT2D eigenvalue weighted by Gasteiger charge is -2.14. The number of hydrogen-bond donors (Lipinski definition) is 3. The van der Waals surface area contributed by atoms with Gasteiger partial charge in [0.2, 0.25) is 15.9 Å². The van der Waals surface area contributed by atoms with Crippen molar-refractivity contribution in [1.29, 1.82) is 0 Å². The largest absolute Gasteiger partial charge is 0.356 e. The number of carbonyl (C=O) groups is 1. The van der Waals surface area contributed by atoms with E-state index in [0.29, 0.717) is 18.7 Å². The van der Waals surface area contributed by atoms with E-state index in [9.17, 15) is 13.2 Å². The Kier molecular flexibility index (Phi) is 7.73. The number of benzene rings is 3. The number of pyridine rings is 1. The molecular formula is C24H25ClN4O3S. The van der Waals surface area contributed by atoms with Crippen molar-refractivity contribution in [1.82, 2.24) is 10.3 Å². The molecule has 0 atom stereocenters. The van der Waals surface area contributed by atoms with Crippen LogP contribution in [0, 0.1) is 0 Å². The van der Waals surface area contributed by atoms with Crippen LogP contribution in [0.2, 0.25) is 0 Å². The Hall–Kier alpha value is -3.36. The molecular weight excluding hydrogens is 460 g/mol. The van der Waals surface area contributed by atoms with Crippen molar-refractivity contribution < 1.29 is 13.2 Å². The van der Waals surface area contributed by atoms with E-state index < -0.39 is 10.0 Å². The Morgan fingerprint density at radius 3 is 1.97 bits per heavy atom. The van der Waals surface area contributed by atoms with Crippen molar-refractivity contribution in [3.8, 4) is 0 Å². The topological polar surface area (TPSA) is 100 Å². The van der Waals surface area contributed by atoms with Gasteiger partial charge in [0.15, 0.2) is 0 Å². The third kappa shape index (κ3) is 6.12. The van der Waals surface area contributed by atoms with Gasteiger partial charge in [0, 0.05) is 35.6 Å². The highest BCUT2D eigenvalue weighted by molar-refractivity contribution is 7.92. The van der Waals surface area contributed by atoms with Crippen molar-refractivity contribution in [2.24, 2.45) is 0 Å². The monoisotopic (exact) mass is 484 g/mol. The van der Waals surface area contributed by atoms with Crippen LogP contribution in [0.1, 0.15) is 13.3 Å². The standard InChI is InChI=1S/C24H24N4O3S.ClH/c1-17(29)25-15-6-16-32(30,31)28-19-13-11-18(12-14-19)26-24-20-7-2-4-9-22(20)27-23-10-5-3-8-21(23)24;/h2-5,7-14,28H,6,15-16H2,1H3,(H,25,29)(H,26,27);1H. The maximum atomic E-state index is 12.3. The van der Waals surface area contributed by atoms with Gasteiger partial charge in [-0.3, -0.25) is 9.52 Å². The van der Waals surface area contributed by atoms with Crippen molar-refractivity contribution in [3.05, 3.63) is 72.8 Å². The van der Waals surface area contributed by atoms with Crippen LogP contribution in [-0.4, -0.2) is 31.6 Å². The molecule has 0 aliphatic carbocycles. The van der Waals surface area contributed by atoms with E-state index >= 15 is 0 Å². The summed E-state index contributed by atoms with van der Waals surface area (Å²) in [6, 6.07) is 23.0. The van der Waals surface area contributed by atoms with E-state index in [2.05, 4.69) is 15.4 Å². The minimum atomic E-state index is -3.49. The molecule has 0 bridgehead atoms. The van der Waals surface area contributed by atoms with Gasteiger partial charge in [-0.2, -0.15) is 0 Å². The zero-order valence-corrected chi connectivity index (χ0v) is 19.7. The summed E-state index contributed by atoms with van der Waals surface area (Å²) >= 11 is 0. The molecule has 4 aromatic rings. The Morgan fingerprint density at radius 2 is 1.39 bits per heavy atom. The third-order valence-electron chi connectivity index (χ3n) is 4.98. The maximum Gasteiger partial charge on any atom is 0.232 e. The third-order valence-corrected chi connectivity index (χ3v) is 6.35. The number of amides is 1. The number of rotatable bonds is 8. The minimum absolute atomic E-state index is 0. The summed E-state index contributed by atoms with van der Waals surface area (Å²) in [5.74, 6) is -0.240. The number of para-hydroxylation sites is 2. The molecule has 0 unspecified atom stereocenters. The van der Waals surface area contributed by atoms with Gasteiger partial charge in [-0.05, 0) is 42.8 Å². The summed E-state index contributed by atoms with van der Waals surface area (Å²) in [5, 5.41) is 8.09. The van der Waals surface area contributed by atoms with E-state index in [1.165, 1.54) is 6.92 Å². The Labute approximate surface area is 199 Å². The lowest BCUT2D eigenvalue weighted by atomic mass is 10.1. The number of nitrogens with one attached hydrogen (secondary N) is 3. The van der Waals surface area contributed by atoms with Crippen molar-refractivity contribution >= 4 is 67.2 Å². The number of aromatic nitrogens is 1. The minimum Gasteiger partial charge on any atom is -0.356 e. The van der Waals surface area contributed by atoms with Gasteiger partial charge < -0.3 is 10.6 Å². The average molecular weight is 485 g/mol. The van der Waals surface area contributed by atoms with Gasteiger partial charge in [-0.1, -0.05) is 36.4 Å². The molecule has 33 heavy (non-hydrogen) atoms. The molecule has 0 radical (unpaired) electrons. The molecule has 0 aliphatic heterocycles. The summed E-state index contributed by atoms with van der Waals surface area (Å²) in [6.07, 6.45) is 0.344. The van der Waals surface area contributed by atoms with E-state index in [1.54, 1.807) is 12.1 Å². The first kappa shape index (κ1) is 24.3. The summed E-state index contributed by atoms with van der Waals surface area (Å²) in [4.78, 5) is 15.6. The molecule has 1 heterocycles. The van der Waals surface area contributed by atoms with Gasteiger partial charge >= 0.3 is 0 Å². The highest BCUT2D eigenvalue weighted by Crippen LogP contribution is 2.33. The van der Waals surface area contributed by atoms with Gasteiger partial charge in [-0.25, -0.2) is 13.4 Å². The van der Waals surface area contributed by atoms with E-state index in [4.69, 9.17) is 4.98 Å². The number of nitrogens with zero attached hydrogens (tertiary/aromatic N) is 1. The summed E-state index contributed by atoms with van der Waals surface area (Å²) in [6.45, 7) is 1.73. The van der Waals surface area contributed by atoms with Crippen LogP contribution in [-0.2, 0) is 14.8 Å². The van der Waals surface area contributed by atoms with E-state index in [-0.39, 0.29) is 24.1 Å². The maximum absolute atomic E-state index is 12.3. The van der Waals surface area contributed by atoms with Crippen molar-refractivity contribution in [2.75, 3.05) is 22.3 Å². The zero-order chi connectivity index (χ0) is 22.6. The second-order valence-corrected chi connectivity index (χ2v) is 9.32. The molecule has 0 fully saturated rings. The van der Waals surface area contributed by atoms with E-state index in [1.807, 2.05) is 60.7 Å². The van der Waals surface area contributed by atoms with Crippen LogP contribution >= 0.6 is 12.4 Å². The van der Waals surface area contributed by atoms with Gasteiger partial charge in [0.25, 0.3) is 0 Å². The number of hydrogen-bond acceptors (Lipinski definition) is 5. The van der Waals surface area contributed by atoms with E-state index in [0.717, 1.165) is 33.2 Å². The molecule has 1 amide bonds. The fourth-order valence-corrected chi connectivity index (χ4v) is 4.62. The van der Waals surface area contributed by atoms with Crippen molar-refractivity contribution in [3.63, 3.8) is 0 Å². The predicted octanol–water partition coefficient (Wildman–Crippen LogP) is 4.82. The highest BCUT2D eigenvalue weighted by Gasteiger charge is 2.12. The van der Waals surface area contributed by atoms with Crippen molar-refractivity contribution in [2.45, 2.75) is 13.3 Å². The molecule has 0 saturated carbocycles. The van der Waals surface area contributed by atoms with Crippen LogP contribution < -0.4 is 15.4 Å². The number of anilines is 3. The molecule has 172 valence electrons. The Balaban J connectivity index is 0.00000306. The lowest BCUT2D eigenvalue weighted by Crippen LogP contribution is -2.24. The number of carbonyl (C=O) groups excluding carboxylic acids is 1. The zero-order valence-electron chi connectivity index (χ0n) is 18.0. The molecule has 7 nitrogen and oxygen atoms in total. The van der Waals surface area contributed by atoms with Crippen LogP contribution in [0.4, 0.5) is 17.1 Å². The molecule has 0 saturated heterocycles. The molecule has 3 N–H and O–H groups in total. The number of halogens is 1. The molecule has 1 aromatic heterocycles. The van der Waals surface area contributed by atoms with Gasteiger partial charge in [0.05, 0.1) is 22.5 Å². The normalized spacial score (nSPS) is 11.1. The Bertz CT molecular complexity index is 1320. The average Bonchev–Trinajstić information content (AvgIpc) is 2.77.